The lowest BCUT2D eigenvalue weighted by Crippen LogP contribution is -2.31. The number of halogens is 3. The van der Waals surface area contributed by atoms with Crippen molar-refractivity contribution in [3.63, 3.8) is 0 Å². The minimum absolute atomic E-state index is 0.197. The standard InChI is InChI=1S/C15H21BrCl2O2/c1-19-8-9-20-7-3-6-15(11-17,12-18)13-4-2-5-14(16)10-13/h2,4-5,10H,3,6-9,11-12H2,1H3. The molecule has 114 valence electrons. The molecule has 20 heavy (non-hydrogen) atoms. The Morgan fingerprint density at radius 2 is 1.90 bits per heavy atom. The highest BCUT2D eigenvalue weighted by molar-refractivity contribution is 9.10. The van der Waals surface area contributed by atoms with Crippen LogP contribution in [0, 0.1) is 0 Å². The maximum atomic E-state index is 6.21. The van der Waals surface area contributed by atoms with Gasteiger partial charge in [0, 0.05) is 35.4 Å². The van der Waals surface area contributed by atoms with E-state index in [4.69, 9.17) is 32.7 Å². The van der Waals surface area contributed by atoms with Crippen LogP contribution >= 0.6 is 39.1 Å². The molecule has 0 spiro atoms. The minimum Gasteiger partial charge on any atom is -0.382 e. The number of hydrogen-bond donors (Lipinski definition) is 0. The number of hydrogen-bond acceptors (Lipinski definition) is 2. The molecule has 0 aliphatic rings. The zero-order chi connectivity index (χ0) is 14.8. The zero-order valence-electron chi connectivity index (χ0n) is 11.7. The fourth-order valence-electron chi connectivity index (χ4n) is 2.04. The number of alkyl halides is 2. The van der Waals surface area contributed by atoms with E-state index in [1.807, 2.05) is 12.1 Å². The van der Waals surface area contributed by atoms with Crippen LogP contribution in [0.15, 0.2) is 28.7 Å². The third-order valence-electron chi connectivity index (χ3n) is 3.32. The van der Waals surface area contributed by atoms with Crippen molar-refractivity contribution in [1.82, 2.24) is 0 Å². The van der Waals surface area contributed by atoms with E-state index in [1.165, 1.54) is 5.56 Å². The van der Waals surface area contributed by atoms with Crippen LogP contribution < -0.4 is 0 Å². The molecule has 0 N–H and O–H groups in total. The fourth-order valence-corrected chi connectivity index (χ4v) is 3.30. The molecule has 0 atom stereocenters. The molecule has 0 unspecified atom stereocenters. The molecule has 0 radical (unpaired) electrons. The van der Waals surface area contributed by atoms with Gasteiger partial charge in [0.2, 0.25) is 0 Å². The molecule has 5 heteroatoms. The first kappa shape index (κ1) is 18.2. The summed E-state index contributed by atoms with van der Waals surface area (Å²) < 4.78 is 11.5. The first-order chi connectivity index (χ1) is 9.68. The molecule has 0 aliphatic carbocycles. The van der Waals surface area contributed by atoms with Gasteiger partial charge in [-0.25, -0.2) is 0 Å². The molecule has 1 aromatic carbocycles. The third-order valence-corrected chi connectivity index (χ3v) is 4.84. The summed E-state index contributed by atoms with van der Waals surface area (Å²) in [6.07, 6.45) is 1.83. The summed E-state index contributed by atoms with van der Waals surface area (Å²) in [6.45, 7) is 1.96. The Hall–Kier alpha value is 0.200. The van der Waals surface area contributed by atoms with Crippen LogP contribution in [0.25, 0.3) is 0 Å². The lowest BCUT2D eigenvalue weighted by molar-refractivity contribution is 0.0670. The highest BCUT2D eigenvalue weighted by Gasteiger charge is 2.30. The summed E-state index contributed by atoms with van der Waals surface area (Å²) >= 11 is 15.9. The molecule has 0 fully saturated rings. The molecule has 1 aromatic rings. The largest absolute Gasteiger partial charge is 0.382 e. The molecule has 0 saturated carbocycles. The maximum Gasteiger partial charge on any atom is 0.0700 e. The fraction of sp³-hybridized carbons (Fsp3) is 0.600. The van der Waals surface area contributed by atoms with E-state index in [0.717, 1.165) is 17.3 Å². The zero-order valence-corrected chi connectivity index (χ0v) is 14.8. The minimum atomic E-state index is -0.197. The number of rotatable bonds is 10. The molecule has 0 saturated heterocycles. The quantitative estimate of drug-likeness (QED) is 0.434. The molecular weight excluding hydrogens is 363 g/mol. The van der Waals surface area contributed by atoms with Gasteiger partial charge in [-0.3, -0.25) is 0 Å². The van der Waals surface area contributed by atoms with Gasteiger partial charge in [-0.1, -0.05) is 28.1 Å². The van der Waals surface area contributed by atoms with Crippen LogP contribution in [-0.2, 0) is 14.9 Å². The van der Waals surface area contributed by atoms with E-state index in [2.05, 4.69) is 28.1 Å². The van der Waals surface area contributed by atoms with Gasteiger partial charge >= 0.3 is 0 Å². The number of methoxy groups -OCH3 is 1. The third kappa shape index (κ3) is 5.53. The highest BCUT2D eigenvalue weighted by atomic mass is 79.9. The first-order valence-electron chi connectivity index (χ1n) is 6.63. The summed E-state index contributed by atoms with van der Waals surface area (Å²) in [5, 5.41) is 0. The molecule has 0 bridgehead atoms. The van der Waals surface area contributed by atoms with E-state index in [1.54, 1.807) is 7.11 Å². The first-order valence-corrected chi connectivity index (χ1v) is 8.49. The summed E-state index contributed by atoms with van der Waals surface area (Å²) in [5.41, 5.74) is 0.978. The topological polar surface area (TPSA) is 18.5 Å². The molecule has 1 rings (SSSR count). The van der Waals surface area contributed by atoms with Crippen molar-refractivity contribution < 1.29 is 9.47 Å². The SMILES string of the molecule is COCCOCCCC(CCl)(CCl)c1cccc(Br)c1. The number of benzene rings is 1. The summed E-state index contributed by atoms with van der Waals surface area (Å²) in [4.78, 5) is 0. The van der Waals surface area contributed by atoms with Crippen LogP contribution in [0.4, 0.5) is 0 Å². The van der Waals surface area contributed by atoms with Crippen LogP contribution in [0.3, 0.4) is 0 Å². The smallest absolute Gasteiger partial charge is 0.0700 e. The van der Waals surface area contributed by atoms with E-state index in [0.29, 0.717) is 31.6 Å². The summed E-state index contributed by atoms with van der Waals surface area (Å²) in [5.74, 6) is 1.01. The monoisotopic (exact) mass is 382 g/mol. The Morgan fingerprint density at radius 1 is 1.15 bits per heavy atom. The van der Waals surface area contributed by atoms with E-state index in [-0.39, 0.29) is 5.41 Å². The Labute approximate surface area is 139 Å². The van der Waals surface area contributed by atoms with E-state index in [9.17, 15) is 0 Å². The van der Waals surface area contributed by atoms with Crippen LogP contribution in [-0.4, -0.2) is 38.7 Å². The Morgan fingerprint density at radius 3 is 2.50 bits per heavy atom. The van der Waals surface area contributed by atoms with Crippen molar-refractivity contribution in [3.05, 3.63) is 34.3 Å². The molecule has 0 aromatic heterocycles. The van der Waals surface area contributed by atoms with Crippen LogP contribution in [0.2, 0.25) is 0 Å². The van der Waals surface area contributed by atoms with Crippen LogP contribution in [0.5, 0.6) is 0 Å². The second kappa shape index (κ2) is 10.0. The van der Waals surface area contributed by atoms with Crippen molar-refractivity contribution in [1.29, 1.82) is 0 Å². The predicted molar refractivity (Wildman–Crippen MR) is 89.2 cm³/mol. The van der Waals surface area contributed by atoms with Crippen molar-refractivity contribution in [2.45, 2.75) is 18.3 Å². The molecular formula is C15H21BrCl2O2. The molecule has 0 heterocycles. The molecule has 0 aliphatic heterocycles. The van der Waals surface area contributed by atoms with Gasteiger partial charge in [-0.2, -0.15) is 0 Å². The van der Waals surface area contributed by atoms with Gasteiger partial charge in [0.25, 0.3) is 0 Å². The van der Waals surface area contributed by atoms with Crippen molar-refractivity contribution in [3.8, 4) is 0 Å². The van der Waals surface area contributed by atoms with Gasteiger partial charge in [0.15, 0.2) is 0 Å². The van der Waals surface area contributed by atoms with Crippen molar-refractivity contribution in [2.75, 3.05) is 38.7 Å². The average Bonchev–Trinajstić information content (AvgIpc) is 2.47. The van der Waals surface area contributed by atoms with Crippen LogP contribution in [0.1, 0.15) is 18.4 Å². The number of ether oxygens (including phenoxy) is 2. The predicted octanol–water partition coefficient (Wildman–Crippen LogP) is 4.61. The second-order valence-corrected chi connectivity index (χ2v) is 6.22. The van der Waals surface area contributed by atoms with Gasteiger partial charge in [-0.05, 0) is 30.5 Å². The highest BCUT2D eigenvalue weighted by Crippen LogP contribution is 2.33. The van der Waals surface area contributed by atoms with Gasteiger partial charge < -0.3 is 9.47 Å². The summed E-state index contributed by atoms with van der Waals surface area (Å²) in [6, 6.07) is 8.20. The van der Waals surface area contributed by atoms with Crippen molar-refractivity contribution in [2.24, 2.45) is 0 Å². The van der Waals surface area contributed by atoms with Gasteiger partial charge in [0.1, 0.15) is 0 Å². The van der Waals surface area contributed by atoms with E-state index < -0.39 is 0 Å². The van der Waals surface area contributed by atoms with Gasteiger partial charge in [0.05, 0.1) is 13.2 Å². The second-order valence-electron chi connectivity index (χ2n) is 4.77. The lowest BCUT2D eigenvalue weighted by atomic mass is 9.80. The molecule has 0 amide bonds. The molecule has 2 nitrogen and oxygen atoms in total. The van der Waals surface area contributed by atoms with Crippen molar-refractivity contribution >= 4 is 39.1 Å². The normalized spacial score (nSPS) is 11.8. The average molecular weight is 384 g/mol. The Bertz CT molecular complexity index is 384. The van der Waals surface area contributed by atoms with Gasteiger partial charge in [-0.15, -0.1) is 23.2 Å². The summed E-state index contributed by atoms with van der Waals surface area (Å²) in [7, 11) is 1.67. The maximum absolute atomic E-state index is 6.21. The van der Waals surface area contributed by atoms with E-state index >= 15 is 0 Å². The Balaban J connectivity index is 2.58. The lowest BCUT2D eigenvalue weighted by Gasteiger charge is -2.30. The Kier molecular flexibility index (Phi) is 9.14.